The SMILES string of the molecule is CN1CC(OC(=O)N2CCC(Cc3nc(N)c4ncn(CO[C@H](C(=O)NC5CC5)C(O)CO)c4n3)CC2)C1=O. The van der Waals surface area contributed by atoms with Gasteiger partial charge in [0, 0.05) is 32.6 Å². The fourth-order valence-electron chi connectivity index (χ4n) is 4.74. The second-order valence-electron chi connectivity index (χ2n) is 10.4. The number of hydrogen-bond donors (Lipinski definition) is 4. The van der Waals surface area contributed by atoms with E-state index in [4.69, 9.17) is 15.2 Å². The number of likely N-dealkylation sites (tertiary alicyclic amines) is 2. The summed E-state index contributed by atoms with van der Waals surface area (Å²) in [5.74, 6) is 0.271. The molecule has 0 aromatic carbocycles. The molecule has 212 valence electrons. The Kier molecular flexibility index (Phi) is 7.81. The molecule has 1 aliphatic carbocycles. The number of piperidine rings is 1. The summed E-state index contributed by atoms with van der Waals surface area (Å²) in [7, 11) is 1.66. The van der Waals surface area contributed by atoms with E-state index in [0.717, 1.165) is 12.8 Å². The molecule has 5 N–H and O–H groups in total. The highest BCUT2D eigenvalue weighted by molar-refractivity contribution is 5.88. The molecular formula is C24H34N8O7. The van der Waals surface area contributed by atoms with Crippen LogP contribution in [-0.4, -0.2) is 115 Å². The van der Waals surface area contributed by atoms with Crippen LogP contribution < -0.4 is 11.1 Å². The molecule has 5 rings (SSSR count). The molecule has 1 saturated carbocycles. The third kappa shape index (κ3) is 6.04. The Morgan fingerprint density at radius 1 is 1.23 bits per heavy atom. The largest absolute Gasteiger partial charge is 0.434 e. The van der Waals surface area contributed by atoms with Crippen molar-refractivity contribution in [2.75, 3.05) is 39.0 Å². The summed E-state index contributed by atoms with van der Waals surface area (Å²) in [6, 6.07) is 0.0742. The van der Waals surface area contributed by atoms with Crippen LogP contribution in [0, 0.1) is 5.92 Å². The quantitative estimate of drug-likeness (QED) is 0.256. The highest BCUT2D eigenvalue weighted by atomic mass is 16.6. The number of nitrogens with one attached hydrogen (secondary N) is 1. The highest BCUT2D eigenvalue weighted by Crippen LogP contribution is 2.25. The third-order valence-electron chi connectivity index (χ3n) is 7.33. The van der Waals surface area contributed by atoms with Gasteiger partial charge < -0.3 is 40.5 Å². The fourth-order valence-corrected chi connectivity index (χ4v) is 4.74. The summed E-state index contributed by atoms with van der Waals surface area (Å²) >= 11 is 0. The van der Waals surface area contributed by atoms with Crippen molar-refractivity contribution in [3.63, 3.8) is 0 Å². The van der Waals surface area contributed by atoms with Gasteiger partial charge in [0.05, 0.1) is 19.5 Å². The Bertz CT molecular complexity index is 1230. The highest BCUT2D eigenvalue weighted by Gasteiger charge is 2.38. The van der Waals surface area contributed by atoms with Crippen LogP contribution in [0.4, 0.5) is 10.6 Å². The zero-order valence-electron chi connectivity index (χ0n) is 21.7. The first-order valence-electron chi connectivity index (χ1n) is 13.1. The van der Waals surface area contributed by atoms with Crippen LogP contribution in [0.2, 0.25) is 0 Å². The van der Waals surface area contributed by atoms with Crippen molar-refractivity contribution in [2.45, 2.75) is 63.2 Å². The van der Waals surface area contributed by atoms with E-state index in [1.54, 1.807) is 16.5 Å². The maximum Gasteiger partial charge on any atom is 0.410 e. The number of carbonyl (C=O) groups excluding carboxylic acids is 3. The molecule has 0 spiro atoms. The maximum atomic E-state index is 12.5. The normalized spacial score (nSPS) is 21.5. The van der Waals surface area contributed by atoms with Crippen LogP contribution in [-0.2, 0) is 32.2 Å². The van der Waals surface area contributed by atoms with Crippen molar-refractivity contribution >= 4 is 34.9 Å². The molecule has 2 aromatic heterocycles. The van der Waals surface area contributed by atoms with Gasteiger partial charge in [-0.15, -0.1) is 0 Å². The van der Waals surface area contributed by atoms with E-state index in [0.29, 0.717) is 55.9 Å². The van der Waals surface area contributed by atoms with Crippen molar-refractivity contribution in [3.05, 3.63) is 12.2 Å². The van der Waals surface area contributed by atoms with Crippen LogP contribution in [0.15, 0.2) is 6.33 Å². The average molecular weight is 547 g/mol. The van der Waals surface area contributed by atoms with Gasteiger partial charge in [-0.3, -0.25) is 14.2 Å². The lowest BCUT2D eigenvalue weighted by atomic mass is 9.93. The Hall–Kier alpha value is -3.56. The number of β-lactam (4-membered cyclic amide) rings is 1. The second-order valence-corrected chi connectivity index (χ2v) is 10.4. The number of rotatable bonds is 10. The summed E-state index contributed by atoms with van der Waals surface area (Å²) in [5, 5.41) is 22.3. The average Bonchev–Trinajstić information content (AvgIpc) is 3.65. The minimum Gasteiger partial charge on any atom is -0.434 e. The van der Waals surface area contributed by atoms with Gasteiger partial charge in [0.15, 0.2) is 23.7 Å². The maximum absolute atomic E-state index is 12.5. The Morgan fingerprint density at radius 3 is 2.62 bits per heavy atom. The van der Waals surface area contributed by atoms with Gasteiger partial charge in [-0.05, 0) is 31.6 Å². The lowest BCUT2D eigenvalue weighted by molar-refractivity contribution is -0.154. The number of aromatic nitrogens is 4. The number of hydrogen-bond acceptors (Lipinski definition) is 11. The minimum atomic E-state index is -1.38. The number of aliphatic hydroxyl groups is 2. The number of nitrogens with two attached hydrogens (primary N) is 1. The Morgan fingerprint density at radius 2 is 1.97 bits per heavy atom. The number of carbonyl (C=O) groups is 3. The van der Waals surface area contributed by atoms with Crippen molar-refractivity contribution < 1.29 is 34.1 Å². The molecule has 0 radical (unpaired) electrons. The first-order valence-corrected chi connectivity index (χ1v) is 13.1. The summed E-state index contributed by atoms with van der Waals surface area (Å²) in [6.07, 6.45) is 1.39. The monoisotopic (exact) mass is 546 g/mol. The van der Waals surface area contributed by atoms with E-state index in [1.165, 1.54) is 11.2 Å². The van der Waals surface area contributed by atoms with Crippen molar-refractivity contribution in [2.24, 2.45) is 5.92 Å². The standard InChI is InChI=1S/C24H34N8O7/c1-30-9-16(23(30)36)39-24(37)31-6-4-13(5-7-31)8-17-28-20(25)18-21(29-17)32(11-26-18)12-38-19(15(34)10-33)22(35)27-14-2-3-14/h11,13-16,19,33-34H,2-10,12H2,1H3,(H,27,35)(H2,25,28,29)/t15?,16?,19-/m0/s1. The van der Waals surface area contributed by atoms with E-state index >= 15 is 0 Å². The van der Waals surface area contributed by atoms with Crippen LogP contribution in [0.1, 0.15) is 31.5 Å². The van der Waals surface area contributed by atoms with Crippen LogP contribution in [0.5, 0.6) is 0 Å². The Balaban J connectivity index is 1.18. The van der Waals surface area contributed by atoms with Gasteiger partial charge in [-0.1, -0.05) is 0 Å². The number of aliphatic hydroxyl groups excluding tert-OH is 2. The van der Waals surface area contributed by atoms with E-state index in [-0.39, 0.29) is 30.4 Å². The molecule has 4 heterocycles. The zero-order valence-corrected chi connectivity index (χ0v) is 21.7. The predicted octanol–water partition coefficient (Wildman–Crippen LogP) is -1.39. The van der Waals surface area contributed by atoms with Gasteiger partial charge in [0.1, 0.15) is 24.2 Å². The molecule has 3 fully saturated rings. The summed E-state index contributed by atoms with van der Waals surface area (Å²) in [6.45, 7) is 0.647. The molecule has 3 amide bonds. The molecule has 2 aromatic rings. The lowest BCUT2D eigenvalue weighted by Gasteiger charge is -2.37. The van der Waals surface area contributed by atoms with Gasteiger partial charge in [0.25, 0.3) is 11.8 Å². The first-order chi connectivity index (χ1) is 18.7. The van der Waals surface area contributed by atoms with Crippen molar-refractivity contribution in [1.82, 2.24) is 34.6 Å². The van der Waals surface area contributed by atoms with Crippen LogP contribution in [0.25, 0.3) is 11.2 Å². The number of ether oxygens (including phenoxy) is 2. The molecule has 2 aliphatic heterocycles. The number of fused-ring (bicyclic) bond motifs is 1. The molecular weight excluding hydrogens is 512 g/mol. The molecule has 3 aliphatic rings. The number of nitrogens with zero attached hydrogens (tertiary/aromatic N) is 6. The molecule has 3 atom stereocenters. The molecule has 15 nitrogen and oxygen atoms in total. The number of imidazole rings is 1. The summed E-state index contributed by atoms with van der Waals surface area (Å²) in [5.41, 5.74) is 6.97. The predicted molar refractivity (Wildman–Crippen MR) is 135 cm³/mol. The summed E-state index contributed by atoms with van der Waals surface area (Å²) in [4.78, 5) is 53.0. The Labute approximate surface area is 224 Å². The second kappa shape index (κ2) is 11.3. The molecule has 2 unspecified atom stereocenters. The zero-order chi connectivity index (χ0) is 27.7. The molecule has 39 heavy (non-hydrogen) atoms. The van der Waals surface area contributed by atoms with Gasteiger partial charge in [0.2, 0.25) is 0 Å². The number of nitrogen functional groups attached to an aromatic ring is 1. The van der Waals surface area contributed by atoms with Crippen molar-refractivity contribution in [3.8, 4) is 0 Å². The van der Waals surface area contributed by atoms with Gasteiger partial charge in [-0.2, -0.15) is 0 Å². The summed E-state index contributed by atoms with van der Waals surface area (Å²) < 4.78 is 12.6. The lowest BCUT2D eigenvalue weighted by Crippen LogP contribution is -2.57. The van der Waals surface area contributed by atoms with Gasteiger partial charge >= 0.3 is 6.09 Å². The number of anilines is 1. The number of amides is 3. The number of likely N-dealkylation sites (N-methyl/N-ethyl adjacent to an activating group) is 1. The van der Waals surface area contributed by atoms with Crippen LogP contribution >= 0.6 is 0 Å². The molecule has 0 bridgehead atoms. The molecule has 2 saturated heterocycles. The third-order valence-corrected chi connectivity index (χ3v) is 7.33. The topological polar surface area (TPSA) is 198 Å². The fraction of sp³-hybridized carbons (Fsp3) is 0.667. The first kappa shape index (κ1) is 27.0. The van der Waals surface area contributed by atoms with E-state index in [2.05, 4.69) is 20.3 Å². The smallest absolute Gasteiger partial charge is 0.410 e. The van der Waals surface area contributed by atoms with Crippen molar-refractivity contribution in [1.29, 1.82) is 0 Å². The van der Waals surface area contributed by atoms with Gasteiger partial charge in [-0.25, -0.2) is 19.7 Å². The van der Waals surface area contributed by atoms with E-state index in [9.17, 15) is 24.6 Å². The molecule has 15 heteroatoms. The minimum absolute atomic E-state index is 0.0742. The van der Waals surface area contributed by atoms with Crippen LogP contribution in [0.3, 0.4) is 0 Å². The van der Waals surface area contributed by atoms with E-state index < -0.39 is 36.9 Å². The van der Waals surface area contributed by atoms with E-state index in [1.807, 2.05) is 0 Å².